The molecule has 0 unspecified atom stereocenters. The summed E-state index contributed by atoms with van der Waals surface area (Å²) in [6.07, 6.45) is 1.10. The smallest absolute Gasteiger partial charge is 0.240 e. The number of para-hydroxylation sites is 1. The number of hydrogen-bond donors (Lipinski definition) is 1. The molecule has 3 aromatic rings. The van der Waals surface area contributed by atoms with Crippen LogP contribution in [0.3, 0.4) is 0 Å². The van der Waals surface area contributed by atoms with Crippen LogP contribution in [0, 0.1) is 6.92 Å². The van der Waals surface area contributed by atoms with E-state index >= 15 is 0 Å². The predicted molar refractivity (Wildman–Crippen MR) is 116 cm³/mol. The second-order valence-electron chi connectivity index (χ2n) is 6.73. The van der Waals surface area contributed by atoms with Crippen molar-refractivity contribution in [2.75, 3.05) is 30.3 Å². The molecule has 3 aromatic carbocycles. The first kappa shape index (κ1) is 20.7. The zero-order valence-corrected chi connectivity index (χ0v) is 17.3. The molecule has 29 heavy (non-hydrogen) atoms. The Morgan fingerprint density at radius 1 is 1.00 bits per heavy atom. The van der Waals surface area contributed by atoms with Gasteiger partial charge in [-0.15, -0.1) is 0 Å². The number of benzene rings is 3. The van der Waals surface area contributed by atoms with Crippen LogP contribution in [0.4, 0.5) is 5.69 Å². The van der Waals surface area contributed by atoms with Crippen molar-refractivity contribution in [3.05, 3.63) is 72.3 Å². The lowest BCUT2D eigenvalue weighted by Crippen LogP contribution is -2.41. The van der Waals surface area contributed by atoms with E-state index in [0.717, 1.165) is 32.6 Å². The molecule has 152 valence electrons. The quantitative estimate of drug-likeness (QED) is 0.577. The van der Waals surface area contributed by atoms with E-state index in [9.17, 15) is 13.2 Å². The van der Waals surface area contributed by atoms with E-state index in [4.69, 9.17) is 4.74 Å². The Labute approximate surface area is 171 Å². The molecule has 1 N–H and O–H groups in total. The van der Waals surface area contributed by atoms with Gasteiger partial charge < -0.3 is 10.1 Å². The summed E-state index contributed by atoms with van der Waals surface area (Å²) in [5, 5.41) is 4.40. The Morgan fingerprint density at radius 2 is 1.69 bits per heavy atom. The lowest BCUT2D eigenvalue weighted by atomic mass is 10.1. The molecule has 0 bridgehead atoms. The molecular formula is C22H24N2O4S. The normalized spacial score (nSPS) is 11.2. The average molecular weight is 413 g/mol. The van der Waals surface area contributed by atoms with Crippen LogP contribution in [0.25, 0.3) is 10.8 Å². The highest BCUT2D eigenvalue weighted by Crippen LogP contribution is 2.28. The van der Waals surface area contributed by atoms with Crippen molar-refractivity contribution >= 4 is 32.4 Å². The number of ether oxygens (including phenoxy) is 1. The van der Waals surface area contributed by atoms with Gasteiger partial charge in [0, 0.05) is 5.39 Å². The molecule has 0 spiro atoms. The van der Waals surface area contributed by atoms with E-state index in [1.807, 2.05) is 61.5 Å². The Balaban J connectivity index is 1.66. The molecule has 0 saturated heterocycles. The summed E-state index contributed by atoms with van der Waals surface area (Å²) in [6.45, 7) is 2.23. The first-order valence-electron chi connectivity index (χ1n) is 9.27. The van der Waals surface area contributed by atoms with Gasteiger partial charge in [0.15, 0.2) is 0 Å². The number of carbonyl (C=O) groups excluding carboxylic acids is 1. The third kappa shape index (κ3) is 5.26. The number of anilines is 1. The Kier molecular flexibility index (Phi) is 6.39. The number of fused-ring (bicyclic) bond motifs is 1. The fraction of sp³-hybridized carbons (Fsp3) is 0.227. The SMILES string of the molecule is Cc1ccccc1OCCNC(=O)CN(c1cccc2ccccc12)S(C)(=O)=O. The number of hydrogen-bond acceptors (Lipinski definition) is 4. The standard InChI is InChI=1S/C22H24N2O4S/c1-17-8-3-6-13-21(17)28-15-14-23-22(25)16-24(29(2,26)27)20-12-7-10-18-9-4-5-11-19(18)20/h3-13H,14-16H2,1-2H3,(H,23,25). The van der Waals surface area contributed by atoms with Crippen molar-refractivity contribution in [2.24, 2.45) is 0 Å². The van der Waals surface area contributed by atoms with Gasteiger partial charge in [-0.05, 0) is 30.0 Å². The third-order valence-electron chi connectivity index (χ3n) is 4.50. The molecule has 1 amide bonds. The highest BCUT2D eigenvalue weighted by molar-refractivity contribution is 7.92. The largest absolute Gasteiger partial charge is 0.491 e. The average Bonchev–Trinajstić information content (AvgIpc) is 2.69. The van der Waals surface area contributed by atoms with Crippen LogP contribution in [-0.4, -0.2) is 40.3 Å². The lowest BCUT2D eigenvalue weighted by Gasteiger charge is -2.23. The molecule has 0 heterocycles. The summed E-state index contributed by atoms with van der Waals surface area (Å²) < 4.78 is 31.6. The number of nitrogens with zero attached hydrogens (tertiary/aromatic N) is 1. The summed E-state index contributed by atoms with van der Waals surface area (Å²) in [7, 11) is -3.64. The maximum Gasteiger partial charge on any atom is 0.240 e. The number of nitrogens with one attached hydrogen (secondary N) is 1. The van der Waals surface area contributed by atoms with Crippen molar-refractivity contribution in [1.29, 1.82) is 0 Å². The minimum absolute atomic E-state index is 0.278. The summed E-state index contributed by atoms with van der Waals surface area (Å²) >= 11 is 0. The monoisotopic (exact) mass is 412 g/mol. The van der Waals surface area contributed by atoms with E-state index in [0.29, 0.717) is 12.3 Å². The number of aryl methyl sites for hydroxylation is 1. The van der Waals surface area contributed by atoms with Gasteiger partial charge in [-0.2, -0.15) is 0 Å². The second kappa shape index (κ2) is 8.96. The molecule has 0 fully saturated rings. The minimum Gasteiger partial charge on any atom is -0.491 e. The molecule has 6 nitrogen and oxygen atoms in total. The minimum atomic E-state index is -3.64. The predicted octanol–water partition coefficient (Wildman–Crippen LogP) is 3.11. The fourth-order valence-corrected chi connectivity index (χ4v) is 3.93. The lowest BCUT2D eigenvalue weighted by molar-refractivity contribution is -0.119. The van der Waals surface area contributed by atoms with E-state index < -0.39 is 15.9 Å². The number of amides is 1. The fourth-order valence-electron chi connectivity index (χ4n) is 3.06. The van der Waals surface area contributed by atoms with Gasteiger partial charge in [0.2, 0.25) is 15.9 Å². The molecule has 0 aliphatic carbocycles. The molecule has 0 radical (unpaired) electrons. The first-order chi connectivity index (χ1) is 13.9. The van der Waals surface area contributed by atoms with Crippen LogP contribution in [-0.2, 0) is 14.8 Å². The zero-order chi connectivity index (χ0) is 20.9. The summed E-state index contributed by atoms with van der Waals surface area (Å²) in [5.74, 6) is 0.368. The van der Waals surface area contributed by atoms with Crippen molar-refractivity contribution in [3.8, 4) is 5.75 Å². The third-order valence-corrected chi connectivity index (χ3v) is 5.62. The zero-order valence-electron chi connectivity index (χ0n) is 16.5. The molecule has 0 aliphatic rings. The van der Waals surface area contributed by atoms with Crippen LogP contribution >= 0.6 is 0 Å². The first-order valence-corrected chi connectivity index (χ1v) is 11.1. The van der Waals surface area contributed by atoms with Gasteiger partial charge in [0.1, 0.15) is 18.9 Å². The van der Waals surface area contributed by atoms with E-state index in [1.165, 1.54) is 0 Å². The molecule has 0 saturated carbocycles. The van der Waals surface area contributed by atoms with Crippen LogP contribution in [0.5, 0.6) is 5.75 Å². The van der Waals surface area contributed by atoms with Crippen LogP contribution in [0.2, 0.25) is 0 Å². The Morgan fingerprint density at radius 3 is 2.45 bits per heavy atom. The van der Waals surface area contributed by atoms with Gasteiger partial charge >= 0.3 is 0 Å². The summed E-state index contributed by atoms with van der Waals surface area (Å²) in [6, 6.07) is 20.5. The van der Waals surface area contributed by atoms with Crippen LogP contribution < -0.4 is 14.4 Å². The molecule has 0 atom stereocenters. The summed E-state index contributed by atoms with van der Waals surface area (Å²) in [4.78, 5) is 12.4. The van der Waals surface area contributed by atoms with Gasteiger partial charge in [-0.3, -0.25) is 9.10 Å². The highest BCUT2D eigenvalue weighted by Gasteiger charge is 2.22. The molecule has 7 heteroatoms. The van der Waals surface area contributed by atoms with E-state index in [-0.39, 0.29) is 13.1 Å². The Bertz CT molecular complexity index is 1110. The topological polar surface area (TPSA) is 75.7 Å². The molecule has 0 aromatic heterocycles. The molecule has 0 aliphatic heterocycles. The van der Waals surface area contributed by atoms with Crippen molar-refractivity contribution in [3.63, 3.8) is 0 Å². The van der Waals surface area contributed by atoms with E-state index in [2.05, 4.69) is 5.32 Å². The van der Waals surface area contributed by atoms with E-state index in [1.54, 1.807) is 12.1 Å². The maximum absolute atomic E-state index is 12.4. The van der Waals surface area contributed by atoms with Gasteiger partial charge in [0.05, 0.1) is 18.5 Å². The second-order valence-corrected chi connectivity index (χ2v) is 8.64. The van der Waals surface area contributed by atoms with Gasteiger partial charge in [-0.25, -0.2) is 8.42 Å². The maximum atomic E-state index is 12.4. The summed E-state index contributed by atoms with van der Waals surface area (Å²) in [5.41, 5.74) is 1.50. The van der Waals surface area contributed by atoms with Gasteiger partial charge in [0.25, 0.3) is 0 Å². The highest BCUT2D eigenvalue weighted by atomic mass is 32.2. The van der Waals surface area contributed by atoms with Crippen molar-refractivity contribution < 1.29 is 17.9 Å². The van der Waals surface area contributed by atoms with Crippen molar-refractivity contribution in [2.45, 2.75) is 6.92 Å². The molecular weight excluding hydrogens is 388 g/mol. The number of sulfonamides is 1. The van der Waals surface area contributed by atoms with Crippen LogP contribution in [0.15, 0.2) is 66.7 Å². The number of rotatable bonds is 8. The molecule has 3 rings (SSSR count). The Hall–Kier alpha value is -3.06. The van der Waals surface area contributed by atoms with Crippen LogP contribution in [0.1, 0.15) is 5.56 Å². The van der Waals surface area contributed by atoms with Gasteiger partial charge in [-0.1, -0.05) is 54.6 Å². The van der Waals surface area contributed by atoms with Crippen molar-refractivity contribution in [1.82, 2.24) is 5.32 Å². The number of carbonyl (C=O) groups is 1.